The maximum Gasteiger partial charge on any atom is 0.195 e. The van der Waals surface area contributed by atoms with E-state index in [0.717, 1.165) is 11.3 Å². The summed E-state index contributed by atoms with van der Waals surface area (Å²) in [7, 11) is 0. The molecule has 144 valence electrons. The molecule has 0 unspecified atom stereocenters. The van der Waals surface area contributed by atoms with Crippen LogP contribution in [0.2, 0.25) is 0 Å². The number of aryl methyl sites for hydroxylation is 1. The van der Waals surface area contributed by atoms with Gasteiger partial charge >= 0.3 is 0 Å². The fourth-order valence-corrected chi connectivity index (χ4v) is 4.42. The van der Waals surface area contributed by atoms with Gasteiger partial charge in [0.25, 0.3) is 0 Å². The minimum atomic E-state index is -0.385. The summed E-state index contributed by atoms with van der Waals surface area (Å²) in [6, 6.07) is 13.9. The number of benzene rings is 2. The number of hydrogen-bond donors (Lipinski definition) is 0. The summed E-state index contributed by atoms with van der Waals surface area (Å²) in [5.74, 6) is 0.890. The van der Waals surface area contributed by atoms with Crippen molar-refractivity contribution < 1.29 is 14.0 Å². The van der Waals surface area contributed by atoms with E-state index in [0.29, 0.717) is 29.7 Å². The van der Waals surface area contributed by atoms with E-state index in [1.165, 1.54) is 11.8 Å². The highest BCUT2D eigenvalue weighted by atomic mass is 16.7. The number of rotatable bonds is 2. The molecule has 2 atom stereocenters. The molecule has 1 fully saturated rings. The summed E-state index contributed by atoms with van der Waals surface area (Å²) in [4.78, 5) is 19.1. The van der Waals surface area contributed by atoms with Gasteiger partial charge in [0.1, 0.15) is 11.3 Å². The largest absolute Gasteiger partial charge is 0.493 e. The van der Waals surface area contributed by atoms with Gasteiger partial charge in [0.15, 0.2) is 5.43 Å². The predicted molar refractivity (Wildman–Crippen MR) is 106 cm³/mol. The van der Waals surface area contributed by atoms with Crippen molar-refractivity contribution in [3.8, 4) is 5.75 Å². The first-order chi connectivity index (χ1) is 13.5. The van der Waals surface area contributed by atoms with Crippen LogP contribution in [0.3, 0.4) is 0 Å². The summed E-state index contributed by atoms with van der Waals surface area (Å²) in [5.41, 5.74) is 2.90. The first-order valence-corrected chi connectivity index (χ1v) is 9.63. The Kier molecular flexibility index (Phi) is 3.86. The molecule has 0 aliphatic carbocycles. The Balaban J connectivity index is 1.68. The lowest BCUT2D eigenvalue weighted by Gasteiger charge is -2.33. The Bertz CT molecular complexity index is 1100. The van der Waals surface area contributed by atoms with Crippen molar-refractivity contribution in [2.45, 2.75) is 39.0 Å². The van der Waals surface area contributed by atoms with E-state index >= 15 is 0 Å². The van der Waals surface area contributed by atoms with E-state index in [2.05, 4.69) is 26.0 Å². The summed E-state index contributed by atoms with van der Waals surface area (Å²) < 4.78 is 12.0. The second-order valence-corrected chi connectivity index (χ2v) is 8.22. The Morgan fingerprint density at radius 2 is 1.93 bits per heavy atom. The van der Waals surface area contributed by atoms with Crippen LogP contribution in [0.5, 0.6) is 5.75 Å². The van der Waals surface area contributed by atoms with Crippen molar-refractivity contribution in [1.82, 2.24) is 5.06 Å². The Hall–Kier alpha value is -2.63. The summed E-state index contributed by atoms with van der Waals surface area (Å²) >= 11 is 0. The molecule has 1 aromatic heterocycles. The highest BCUT2D eigenvalue weighted by molar-refractivity contribution is 5.83. The van der Waals surface area contributed by atoms with E-state index in [1.54, 1.807) is 13.0 Å². The highest BCUT2D eigenvalue weighted by Gasteiger charge is 2.53. The molecule has 5 rings (SSSR count). The van der Waals surface area contributed by atoms with Crippen molar-refractivity contribution in [2.75, 3.05) is 6.61 Å². The van der Waals surface area contributed by atoms with Crippen LogP contribution >= 0.6 is 0 Å². The molecule has 3 heterocycles. The monoisotopic (exact) mass is 377 g/mol. The summed E-state index contributed by atoms with van der Waals surface area (Å²) in [5, 5.41) is 2.62. The molecule has 0 saturated carbocycles. The van der Waals surface area contributed by atoms with E-state index in [4.69, 9.17) is 14.0 Å². The third-order valence-corrected chi connectivity index (χ3v) is 5.94. The van der Waals surface area contributed by atoms with Crippen molar-refractivity contribution in [3.05, 3.63) is 75.6 Å². The van der Waals surface area contributed by atoms with Crippen LogP contribution in [-0.2, 0) is 11.4 Å². The maximum absolute atomic E-state index is 12.7. The molecule has 2 aromatic carbocycles. The minimum Gasteiger partial charge on any atom is -0.493 e. The molecule has 2 aliphatic rings. The van der Waals surface area contributed by atoms with Crippen molar-refractivity contribution in [2.24, 2.45) is 5.92 Å². The zero-order chi connectivity index (χ0) is 19.5. The van der Waals surface area contributed by atoms with Crippen LogP contribution in [0, 0.1) is 12.8 Å². The van der Waals surface area contributed by atoms with Gasteiger partial charge in [-0.2, -0.15) is 5.06 Å². The van der Waals surface area contributed by atoms with Gasteiger partial charge in [0, 0.05) is 18.0 Å². The molecule has 5 heteroatoms. The van der Waals surface area contributed by atoms with Gasteiger partial charge in [-0.15, -0.1) is 0 Å². The molecular weight excluding hydrogens is 354 g/mol. The standard InChI is InChI=1S/C23H23NO4/c1-14-12-27-22-16(21(14)25)9-10-18-19(22)20-17(13-26-18)23(2,3)28-24(20)11-15-7-5-4-6-8-15/h4-10,12,17,20H,11,13H2,1-3H3/t17-,20-/m0/s1. The maximum atomic E-state index is 12.7. The van der Waals surface area contributed by atoms with Crippen molar-refractivity contribution >= 4 is 11.0 Å². The number of hydrogen-bond acceptors (Lipinski definition) is 5. The Labute approximate surface area is 163 Å². The molecule has 5 nitrogen and oxygen atoms in total. The van der Waals surface area contributed by atoms with E-state index in [9.17, 15) is 4.79 Å². The summed E-state index contributed by atoms with van der Waals surface area (Å²) in [6.45, 7) is 7.17. The lowest BCUT2D eigenvalue weighted by atomic mass is 9.80. The van der Waals surface area contributed by atoms with Crippen LogP contribution in [0.4, 0.5) is 0 Å². The van der Waals surface area contributed by atoms with Crippen LogP contribution in [0.25, 0.3) is 11.0 Å². The van der Waals surface area contributed by atoms with Crippen LogP contribution in [0.15, 0.2) is 57.9 Å². The first kappa shape index (κ1) is 17.5. The average Bonchev–Trinajstić information content (AvgIpc) is 2.95. The van der Waals surface area contributed by atoms with Gasteiger partial charge < -0.3 is 9.15 Å². The fraction of sp³-hybridized carbons (Fsp3) is 0.348. The molecule has 0 amide bonds. The SMILES string of the molecule is Cc1coc2c3c(ccc2c1=O)OC[C@H]1[C@@H]3N(Cc2ccccc2)OC1(C)C. The molecule has 0 radical (unpaired) electrons. The second kappa shape index (κ2) is 6.19. The van der Waals surface area contributed by atoms with Crippen LogP contribution in [0.1, 0.15) is 36.6 Å². The minimum absolute atomic E-state index is 0.000964. The topological polar surface area (TPSA) is 51.9 Å². The average molecular weight is 377 g/mol. The van der Waals surface area contributed by atoms with Gasteiger partial charge in [-0.1, -0.05) is 30.3 Å². The number of nitrogens with zero attached hydrogens (tertiary/aromatic N) is 1. The molecular formula is C23H23NO4. The third-order valence-electron chi connectivity index (χ3n) is 5.94. The highest BCUT2D eigenvalue weighted by Crippen LogP contribution is 2.52. The molecule has 28 heavy (non-hydrogen) atoms. The first-order valence-electron chi connectivity index (χ1n) is 9.63. The van der Waals surface area contributed by atoms with Gasteiger partial charge in [0.2, 0.25) is 0 Å². The molecule has 1 saturated heterocycles. The Morgan fingerprint density at radius 3 is 2.71 bits per heavy atom. The number of ether oxygens (including phenoxy) is 1. The fourth-order valence-electron chi connectivity index (χ4n) is 4.42. The number of hydroxylamine groups is 2. The predicted octanol–water partition coefficient (Wildman–Crippen LogP) is 4.38. The zero-order valence-electron chi connectivity index (χ0n) is 16.3. The van der Waals surface area contributed by atoms with Crippen LogP contribution < -0.4 is 10.2 Å². The van der Waals surface area contributed by atoms with E-state index in [1.807, 2.05) is 29.3 Å². The number of fused-ring (bicyclic) bond motifs is 5. The third kappa shape index (κ3) is 2.58. The molecule has 3 aromatic rings. The van der Waals surface area contributed by atoms with Crippen molar-refractivity contribution in [3.63, 3.8) is 0 Å². The lowest BCUT2D eigenvalue weighted by Crippen LogP contribution is -2.36. The lowest BCUT2D eigenvalue weighted by molar-refractivity contribution is -0.201. The smallest absolute Gasteiger partial charge is 0.195 e. The van der Waals surface area contributed by atoms with E-state index in [-0.39, 0.29) is 23.0 Å². The quantitative estimate of drug-likeness (QED) is 0.663. The molecule has 0 spiro atoms. The van der Waals surface area contributed by atoms with Gasteiger partial charge in [-0.3, -0.25) is 9.63 Å². The zero-order valence-corrected chi connectivity index (χ0v) is 16.3. The summed E-state index contributed by atoms with van der Waals surface area (Å²) in [6.07, 6.45) is 1.54. The molecule has 2 aliphatic heterocycles. The van der Waals surface area contributed by atoms with Gasteiger partial charge in [-0.25, -0.2) is 0 Å². The van der Waals surface area contributed by atoms with Gasteiger partial charge in [0.05, 0.1) is 35.5 Å². The van der Waals surface area contributed by atoms with Gasteiger partial charge in [-0.05, 0) is 38.5 Å². The Morgan fingerprint density at radius 1 is 1.14 bits per heavy atom. The second-order valence-electron chi connectivity index (χ2n) is 8.22. The van der Waals surface area contributed by atoms with Crippen molar-refractivity contribution in [1.29, 1.82) is 0 Å². The molecule has 0 bridgehead atoms. The van der Waals surface area contributed by atoms with Crippen LogP contribution in [-0.4, -0.2) is 17.3 Å². The normalized spacial score (nSPS) is 23.2. The molecule has 0 N–H and O–H groups in total. The van der Waals surface area contributed by atoms with E-state index < -0.39 is 0 Å².